The summed E-state index contributed by atoms with van der Waals surface area (Å²) < 4.78 is 4.74. The summed E-state index contributed by atoms with van der Waals surface area (Å²) in [5.74, 6) is 2.12. The van der Waals surface area contributed by atoms with Gasteiger partial charge in [0.1, 0.15) is 0 Å². The number of hydrogen-bond donors (Lipinski definition) is 1. The Kier molecular flexibility index (Phi) is 10.8. The average molecular weight is 425 g/mol. The number of rotatable bonds is 5. The summed E-state index contributed by atoms with van der Waals surface area (Å²) in [6.07, 6.45) is 5.29. The minimum Gasteiger partial charge on any atom is -0.469 e. The van der Waals surface area contributed by atoms with E-state index in [2.05, 4.69) is 29.2 Å². The number of guanidine groups is 1. The van der Waals surface area contributed by atoms with Crippen molar-refractivity contribution >= 4 is 35.9 Å². The van der Waals surface area contributed by atoms with Crippen LogP contribution in [-0.4, -0.2) is 51.1 Å². The van der Waals surface area contributed by atoms with Crippen LogP contribution in [0.15, 0.2) is 4.99 Å². The number of ether oxygens (including phenoxy) is 1. The molecule has 0 bridgehead atoms. The van der Waals surface area contributed by atoms with Gasteiger partial charge in [0, 0.05) is 27.2 Å². The van der Waals surface area contributed by atoms with Crippen molar-refractivity contribution in [3.63, 3.8) is 0 Å². The average Bonchev–Trinajstić information content (AvgIpc) is 2.49. The summed E-state index contributed by atoms with van der Waals surface area (Å²) in [5.41, 5.74) is 0. The number of hydrogen-bond acceptors (Lipinski definition) is 3. The maximum Gasteiger partial charge on any atom is 0.310 e. The highest BCUT2D eigenvalue weighted by Gasteiger charge is 2.21. The number of aliphatic imine (C=N–C) groups is 1. The van der Waals surface area contributed by atoms with Gasteiger partial charge >= 0.3 is 5.97 Å². The van der Waals surface area contributed by atoms with Crippen LogP contribution < -0.4 is 5.32 Å². The van der Waals surface area contributed by atoms with Crippen LogP contribution >= 0.6 is 24.0 Å². The summed E-state index contributed by atoms with van der Waals surface area (Å²) in [5, 5.41) is 3.26. The molecule has 0 saturated heterocycles. The summed E-state index contributed by atoms with van der Waals surface area (Å²) in [6.45, 7) is 5.77. The molecule has 1 N–H and O–H groups in total. The largest absolute Gasteiger partial charge is 0.469 e. The molecule has 1 rings (SSSR count). The van der Waals surface area contributed by atoms with Crippen LogP contribution in [0.5, 0.6) is 0 Å². The molecule has 0 aliphatic heterocycles. The maximum absolute atomic E-state index is 11.4. The van der Waals surface area contributed by atoms with Crippen molar-refractivity contribution in [3.8, 4) is 0 Å². The van der Waals surface area contributed by atoms with Crippen LogP contribution in [0, 0.1) is 17.8 Å². The number of carbonyl (C=O) groups is 1. The molecule has 0 aromatic rings. The van der Waals surface area contributed by atoms with Gasteiger partial charge in [-0.3, -0.25) is 9.79 Å². The van der Waals surface area contributed by atoms with E-state index in [0.717, 1.165) is 24.3 Å². The van der Waals surface area contributed by atoms with Gasteiger partial charge in [0.05, 0.1) is 13.0 Å². The van der Waals surface area contributed by atoms with E-state index < -0.39 is 0 Å². The van der Waals surface area contributed by atoms with Gasteiger partial charge in [0.2, 0.25) is 0 Å². The van der Waals surface area contributed by atoms with Crippen LogP contribution in [0.3, 0.4) is 0 Å². The molecule has 1 aliphatic carbocycles. The number of halogens is 1. The predicted octanol–water partition coefficient (Wildman–Crippen LogP) is 2.75. The Balaban J connectivity index is 0.00000441. The first-order chi connectivity index (χ1) is 9.97. The second-order valence-electron chi connectivity index (χ2n) is 6.36. The first-order valence-electron chi connectivity index (χ1n) is 7.97. The number of esters is 1. The van der Waals surface area contributed by atoms with Crippen LogP contribution in [0.2, 0.25) is 0 Å². The second kappa shape index (κ2) is 11.1. The molecular weight excluding hydrogens is 393 g/mol. The van der Waals surface area contributed by atoms with Crippen molar-refractivity contribution < 1.29 is 9.53 Å². The lowest BCUT2D eigenvalue weighted by atomic mass is 9.83. The van der Waals surface area contributed by atoms with Gasteiger partial charge in [-0.2, -0.15) is 0 Å². The lowest BCUT2D eigenvalue weighted by Gasteiger charge is -2.31. The van der Waals surface area contributed by atoms with Crippen molar-refractivity contribution in [1.29, 1.82) is 0 Å². The van der Waals surface area contributed by atoms with Gasteiger partial charge in [-0.15, -0.1) is 24.0 Å². The standard InChI is InChI=1S/C16H31N3O2.HI/c1-12-6-8-14(9-7-12)11-19(4)16(17-3)18-10-13(2)15(20)21-5;/h12-14H,6-11H2,1-5H3,(H,17,18);1H. The summed E-state index contributed by atoms with van der Waals surface area (Å²) in [4.78, 5) is 17.9. The Morgan fingerprint density at radius 3 is 2.45 bits per heavy atom. The summed E-state index contributed by atoms with van der Waals surface area (Å²) >= 11 is 0. The van der Waals surface area contributed by atoms with Gasteiger partial charge < -0.3 is 15.0 Å². The third kappa shape index (κ3) is 7.15. The molecule has 1 fully saturated rings. The molecule has 22 heavy (non-hydrogen) atoms. The molecule has 1 atom stereocenters. The van der Waals surface area contributed by atoms with Crippen LogP contribution in [0.1, 0.15) is 39.5 Å². The Morgan fingerprint density at radius 1 is 1.36 bits per heavy atom. The molecular formula is C16H32IN3O2. The zero-order chi connectivity index (χ0) is 15.8. The lowest BCUT2D eigenvalue weighted by molar-refractivity contribution is -0.144. The number of nitrogens with zero attached hydrogens (tertiary/aromatic N) is 2. The molecule has 130 valence electrons. The Morgan fingerprint density at radius 2 is 1.95 bits per heavy atom. The van der Waals surface area contributed by atoms with E-state index in [-0.39, 0.29) is 35.9 Å². The Hall–Kier alpha value is -0.530. The fraction of sp³-hybridized carbons (Fsp3) is 0.875. The molecule has 0 spiro atoms. The summed E-state index contributed by atoms with van der Waals surface area (Å²) in [6, 6.07) is 0. The molecule has 5 nitrogen and oxygen atoms in total. The molecule has 0 aromatic heterocycles. The Bertz CT molecular complexity index is 355. The number of methoxy groups -OCH3 is 1. The van der Waals surface area contributed by atoms with Gasteiger partial charge in [-0.1, -0.05) is 26.7 Å². The number of carbonyl (C=O) groups excluding carboxylic acids is 1. The van der Waals surface area contributed by atoms with Crippen LogP contribution in [-0.2, 0) is 9.53 Å². The number of nitrogens with one attached hydrogen (secondary N) is 1. The quantitative estimate of drug-likeness (QED) is 0.319. The Labute approximate surface area is 152 Å². The molecule has 1 unspecified atom stereocenters. The van der Waals surface area contributed by atoms with Crippen LogP contribution in [0.25, 0.3) is 0 Å². The lowest BCUT2D eigenvalue weighted by Crippen LogP contribution is -2.44. The molecule has 1 aliphatic rings. The van der Waals surface area contributed by atoms with Gasteiger partial charge in [0.25, 0.3) is 0 Å². The van der Waals surface area contributed by atoms with Crippen molar-refractivity contribution in [2.24, 2.45) is 22.7 Å². The highest BCUT2D eigenvalue weighted by Crippen LogP contribution is 2.28. The fourth-order valence-electron chi connectivity index (χ4n) is 2.90. The highest BCUT2D eigenvalue weighted by atomic mass is 127. The van der Waals surface area contributed by atoms with Crippen LogP contribution in [0.4, 0.5) is 0 Å². The highest BCUT2D eigenvalue weighted by molar-refractivity contribution is 14.0. The van der Waals surface area contributed by atoms with E-state index in [1.165, 1.54) is 32.8 Å². The molecule has 0 heterocycles. The zero-order valence-corrected chi connectivity index (χ0v) is 16.9. The summed E-state index contributed by atoms with van der Waals surface area (Å²) in [7, 11) is 5.27. The van der Waals surface area contributed by atoms with E-state index >= 15 is 0 Å². The normalized spacial score (nSPS) is 23.2. The van der Waals surface area contributed by atoms with E-state index in [4.69, 9.17) is 4.74 Å². The topological polar surface area (TPSA) is 53.9 Å². The second-order valence-corrected chi connectivity index (χ2v) is 6.36. The van der Waals surface area contributed by atoms with Gasteiger partial charge in [-0.05, 0) is 24.7 Å². The van der Waals surface area contributed by atoms with Crippen molar-refractivity contribution in [2.45, 2.75) is 39.5 Å². The minimum atomic E-state index is -0.193. The third-order valence-corrected chi connectivity index (χ3v) is 4.41. The molecule has 0 amide bonds. The van der Waals surface area contributed by atoms with Crippen molar-refractivity contribution in [2.75, 3.05) is 34.3 Å². The molecule has 6 heteroatoms. The van der Waals surface area contributed by atoms with E-state index in [1.54, 1.807) is 7.05 Å². The monoisotopic (exact) mass is 425 g/mol. The first-order valence-corrected chi connectivity index (χ1v) is 7.97. The third-order valence-electron chi connectivity index (χ3n) is 4.41. The predicted molar refractivity (Wildman–Crippen MR) is 102 cm³/mol. The molecule has 0 radical (unpaired) electrons. The molecule has 0 aromatic carbocycles. The van der Waals surface area contributed by atoms with Gasteiger partial charge in [0.15, 0.2) is 5.96 Å². The van der Waals surface area contributed by atoms with E-state index in [0.29, 0.717) is 6.54 Å². The van der Waals surface area contributed by atoms with Crippen molar-refractivity contribution in [3.05, 3.63) is 0 Å². The first kappa shape index (κ1) is 21.5. The van der Waals surface area contributed by atoms with E-state index in [9.17, 15) is 4.79 Å². The SMILES string of the molecule is CN=C(NCC(C)C(=O)OC)N(C)CC1CCC(C)CC1.I. The minimum absolute atomic E-state index is 0. The zero-order valence-electron chi connectivity index (χ0n) is 14.6. The maximum atomic E-state index is 11.4. The van der Waals surface area contributed by atoms with Gasteiger partial charge in [-0.25, -0.2) is 0 Å². The van der Waals surface area contributed by atoms with E-state index in [1.807, 2.05) is 6.92 Å². The van der Waals surface area contributed by atoms with Crippen molar-refractivity contribution in [1.82, 2.24) is 10.2 Å². The molecule has 1 saturated carbocycles. The fourth-order valence-corrected chi connectivity index (χ4v) is 2.90. The smallest absolute Gasteiger partial charge is 0.310 e.